The average Bonchev–Trinajstić information content (AvgIpc) is 3.08. The Labute approximate surface area is 138 Å². The predicted octanol–water partition coefficient (Wildman–Crippen LogP) is 2.06. The van der Waals surface area contributed by atoms with Gasteiger partial charge in [0.15, 0.2) is 0 Å². The molecule has 1 fully saturated rings. The largest absolute Gasteiger partial charge is 0.376 e. The summed E-state index contributed by atoms with van der Waals surface area (Å²) in [5.74, 6) is 0. The van der Waals surface area contributed by atoms with Gasteiger partial charge in [0.25, 0.3) is 0 Å². The molecule has 2 heterocycles. The average molecular weight is 337 g/mol. The van der Waals surface area contributed by atoms with Crippen LogP contribution in [0.15, 0.2) is 36.9 Å². The van der Waals surface area contributed by atoms with Gasteiger partial charge in [0.1, 0.15) is 0 Å². The second-order valence-electron chi connectivity index (χ2n) is 5.04. The molecule has 0 spiro atoms. The first-order valence-corrected chi connectivity index (χ1v) is 7.62. The van der Waals surface area contributed by atoms with Crippen LogP contribution in [0.3, 0.4) is 0 Å². The summed E-state index contributed by atoms with van der Waals surface area (Å²) in [6, 6.07) is 4.97. The lowest BCUT2D eigenvalue weighted by molar-refractivity contribution is -0.0852. The number of urea groups is 1. The van der Waals surface area contributed by atoms with E-state index in [4.69, 9.17) is 21.1 Å². The van der Waals surface area contributed by atoms with E-state index in [9.17, 15) is 4.79 Å². The normalized spacial score (nSPS) is 17.7. The number of ether oxygens (including phenoxy) is 2. The SMILES string of the molecule is O=C(NCC1COCCO1)Nc1ccc(-n2ccnc2)c(Cl)c1. The van der Waals surface area contributed by atoms with Crippen molar-refractivity contribution in [3.8, 4) is 5.69 Å². The molecule has 0 aliphatic carbocycles. The maximum atomic E-state index is 11.9. The number of hydrogen-bond donors (Lipinski definition) is 2. The van der Waals surface area contributed by atoms with Crippen LogP contribution >= 0.6 is 11.6 Å². The van der Waals surface area contributed by atoms with E-state index >= 15 is 0 Å². The minimum absolute atomic E-state index is 0.110. The second kappa shape index (κ2) is 7.45. The highest BCUT2D eigenvalue weighted by Crippen LogP contribution is 2.24. The quantitative estimate of drug-likeness (QED) is 0.896. The first-order chi connectivity index (χ1) is 11.2. The van der Waals surface area contributed by atoms with Gasteiger partial charge in [-0.2, -0.15) is 0 Å². The number of amides is 2. The fraction of sp³-hybridized carbons (Fsp3) is 0.333. The van der Waals surface area contributed by atoms with Crippen LogP contribution in [0.2, 0.25) is 5.02 Å². The maximum absolute atomic E-state index is 11.9. The van der Waals surface area contributed by atoms with Gasteiger partial charge >= 0.3 is 6.03 Å². The molecule has 0 radical (unpaired) electrons. The Bertz CT molecular complexity index is 657. The summed E-state index contributed by atoms with van der Waals surface area (Å²) in [4.78, 5) is 15.9. The van der Waals surface area contributed by atoms with Crippen LogP contribution in [-0.2, 0) is 9.47 Å². The number of nitrogens with zero attached hydrogens (tertiary/aromatic N) is 2. The smallest absolute Gasteiger partial charge is 0.319 e. The van der Waals surface area contributed by atoms with Crippen molar-refractivity contribution < 1.29 is 14.3 Å². The van der Waals surface area contributed by atoms with Crippen molar-refractivity contribution in [2.75, 3.05) is 31.7 Å². The van der Waals surface area contributed by atoms with Gasteiger partial charge in [-0.05, 0) is 18.2 Å². The van der Waals surface area contributed by atoms with E-state index < -0.39 is 0 Å². The Hall–Kier alpha value is -2.09. The molecule has 1 aliphatic rings. The van der Waals surface area contributed by atoms with E-state index in [1.807, 2.05) is 6.07 Å². The number of hydrogen-bond acceptors (Lipinski definition) is 4. The van der Waals surface area contributed by atoms with Crippen molar-refractivity contribution >= 4 is 23.3 Å². The number of anilines is 1. The standard InChI is InChI=1S/C15H17ClN4O3/c16-13-7-11(1-2-14(13)20-4-3-17-10-20)19-15(21)18-8-12-9-22-5-6-23-12/h1-4,7,10,12H,5-6,8-9H2,(H2,18,19,21). The fourth-order valence-electron chi connectivity index (χ4n) is 2.23. The molecule has 1 aromatic carbocycles. The third-order valence-corrected chi connectivity index (χ3v) is 3.67. The number of imidazole rings is 1. The van der Waals surface area contributed by atoms with Gasteiger partial charge in [-0.1, -0.05) is 11.6 Å². The fourth-order valence-corrected chi connectivity index (χ4v) is 2.51. The number of halogens is 1. The van der Waals surface area contributed by atoms with E-state index in [0.29, 0.717) is 37.1 Å². The first kappa shape index (κ1) is 15.8. The van der Waals surface area contributed by atoms with Gasteiger partial charge in [-0.25, -0.2) is 9.78 Å². The minimum Gasteiger partial charge on any atom is -0.376 e. The third kappa shape index (κ3) is 4.22. The molecule has 0 bridgehead atoms. The van der Waals surface area contributed by atoms with Crippen LogP contribution in [0.5, 0.6) is 0 Å². The van der Waals surface area contributed by atoms with Crippen molar-refractivity contribution in [1.82, 2.24) is 14.9 Å². The molecule has 7 nitrogen and oxygen atoms in total. The topological polar surface area (TPSA) is 77.4 Å². The van der Waals surface area contributed by atoms with Crippen LogP contribution in [0.4, 0.5) is 10.5 Å². The molecule has 0 saturated carbocycles. The first-order valence-electron chi connectivity index (χ1n) is 7.24. The zero-order valence-corrected chi connectivity index (χ0v) is 13.1. The molecule has 3 rings (SSSR count). The Morgan fingerprint density at radius 3 is 3.04 bits per heavy atom. The molecule has 1 unspecified atom stereocenters. The lowest BCUT2D eigenvalue weighted by Crippen LogP contribution is -2.41. The highest BCUT2D eigenvalue weighted by Gasteiger charge is 2.15. The van der Waals surface area contributed by atoms with Crippen LogP contribution < -0.4 is 10.6 Å². The van der Waals surface area contributed by atoms with Crippen molar-refractivity contribution in [3.63, 3.8) is 0 Å². The summed E-state index contributed by atoms with van der Waals surface area (Å²) in [6.45, 7) is 2.04. The van der Waals surface area contributed by atoms with Gasteiger partial charge in [0.05, 0.1) is 43.0 Å². The van der Waals surface area contributed by atoms with Crippen LogP contribution in [0.25, 0.3) is 5.69 Å². The molecule has 1 saturated heterocycles. The van der Waals surface area contributed by atoms with E-state index in [-0.39, 0.29) is 12.1 Å². The molecule has 8 heteroatoms. The number of benzene rings is 1. The van der Waals surface area contributed by atoms with Crippen LogP contribution in [0, 0.1) is 0 Å². The monoisotopic (exact) mass is 336 g/mol. The van der Waals surface area contributed by atoms with Crippen LogP contribution in [0.1, 0.15) is 0 Å². The van der Waals surface area contributed by atoms with Crippen molar-refractivity contribution in [3.05, 3.63) is 41.9 Å². The van der Waals surface area contributed by atoms with Crippen molar-refractivity contribution in [1.29, 1.82) is 0 Å². The number of carbonyl (C=O) groups is 1. The minimum atomic E-state index is -0.314. The molecule has 1 aromatic heterocycles. The molecule has 2 N–H and O–H groups in total. The van der Waals surface area contributed by atoms with Crippen molar-refractivity contribution in [2.45, 2.75) is 6.10 Å². The van der Waals surface area contributed by atoms with Gasteiger partial charge in [0.2, 0.25) is 0 Å². The van der Waals surface area contributed by atoms with E-state index in [2.05, 4.69) is 15.6 Å². The van der Waals surface area contributed by atoms with Crippen molar-refractivity contribution in [2.24, 2.45) is 0 Å². The molecular weight excluding hydrogens is 320 g/mol. The second-order valence-corrected chi connectivity index (χ2v) is 5.45. The molecule has 2 aromatic rings. The zero-order valence-electron chi connectivity index (χ0n) is 12.4. The molecule has 2 amide bonds. The van der Waals surface area contributed by atoms with Gasteiger partial charge in [-0.15, -0.1) is 0 Å². The summed E-state index contributed by atoms with van der Waals surface area (Å²) < 4.78 is 12.5. The van der Waals surface area contributed by atoms with Crippen LogP contribution in [-0.4, -0.2) is 48.1 Å². The summed E-state index contributed by atoms with van der Waals surface area (Å²) in [7, 11) is 0. The Balaban J connectivity index is 1.55. The predicted molar refractivity (Wildman–Crippen MR) is 86.2 cm³/mol. The third-order valence-electron chi connectivity index (χ3n) is 3.36. The zero-order chi connectivity index (χ0) is 16.1. The highest BCUT2D eigenvalue weighted by atomic mass is 35.5. The number of carbonyl (C=O) groups excluding carboxylic acids is 1. The lowest BCUT2D eigenvalue weighted by Gasteiger charge is -2.23. The lowest BCUT2D eigenvalue weighted by atomic mass is 10.2. The molecule has 23 heavy (non-hydrogen) atoms. The Morgan fingerprint density at radius 2 is 2.35 bits per heavy atom. The molecule has 122 valence electrons. The molecule has 1 atom stereocenters. The summed E-state index contributed by atoms with van der Waals surface area (Å²) in [6.07, 6.45) is 5.02. The highest BCUT2D eigenvalue weighted by molar-refractivity contribution is 6.32. The Kier molecular flexibility index (Phi) is 5.12. The maximum Gasteiger partial charge on any atom is 0.319 e. The number of aromatic nitrogens is 2. The van der Waals surface area contributed by atoms with E-state index in [0.717, 1.165) is 5.69 Å². The van der Waals surface area contributed by atoms with E-state index in [1.54, 1.807) is 35.4 Å². The number of rotatable bonds is 4. The van der Waals surface area contributed by atoms with E-state index in [1.165, 1.54) is 0 Å². The van der Waals surface area contributed by atoms with Gasteiger partial charge in [0, 0.05) is 24.6 Å². The molecule has 1 aliphatic heterocycles. The van der Waals surface area contributed by atoms with Gasteiger partial charge in [-0.3, -0.25) is 0 Å². The number of nitrogens with one attached hydrogen (secondary N) is 2. The van der Waals surface area contributed by atoms with Gasteiger partial charge < -0.3 is 24.7 Å². The summed E-state index contributed by atoms with van der Waals surface area (Å²) in [5, 5.41) is 6.01. The molecular formula is C15H17ClN4O3. The summed E-state index contributed by atoms with van der Waals surface area (Å²) in [5.41, 5.74) is 1.40. The Morgan fingerprint density at radius 1 is 1.43 bits per heavy atom. The summed E-state index contributed by atoms with van der Waals surface area (Å²) >= 11 is 6.25.